The van der Waals surface area contributed by atoms with Crippen LogP contribution in [-0.4, -0.2) is 25.3 Å². The van der Waals surface area contributed by atoms with Gasteiger partial charge in [0.05, 0.1) is 6.10 Å². The van der Waals surface area contributed by atoms with Crippen LogP contribution < -0.4 is 5.32 Å². The third-order valence-electron chi connectivity index (χ3n) is 3.35. The van der Waals surface area contributed by atoms with E-state index in [2.05, 4.69) is 26.1 Å². The van der Waals surface area contributed by atoms with Crippen molar-refractivity contribution in [2.45, 2.75) is 71.4 Å². The van der Waals surface area contributed by atoms with E-state index in [9.17, 15) is 0 Å². The van der Waals surface area contributed by atoms with Crippen LogP contribution in [0.2, 0.25) is 0 Å². The molecule has 16 heavy (non-hydrogen) atoms. The second-order valence-electron chi connectivity index (χ2n) is 5.49. The number of rotatable bonds is 8. The van der Waals surface area contributed by atoms with Crippen molar-refractivity contribution < 1.29 is 4.74 Å². The van der Waals surface area contributed by atoms with Gasteiger partial charge in [-0.1, -0.05) is 20.8 Å². The molecule has 2 atom stereocenters. The molecule has 1 N–H and O–H groups in total. The number of hydrogen-bond donors (Lipinski definition) is 1. The van der Waals surface area contributed by atoms with Crippen molar-refractivity contribution in [1.29, 1.82) is 0 Å². The van der Waals surface area contributed by atoms with E-state index in [4.69, 9.17) is 4.74 Å². The van der Waals surface area contributed by atoms with Gasteiger partial charge in [0.1, 0.15) is 0 Å². The maximum absolute atomic E-state index is 5.73. The highest BCUT2D eigenvalue weighted by Crippen LogP contribution is 2.19. The highest BCUT2D eigenvalue weighted by Gasteiger charge is 2.20. The van der Waals surface area contributed by atoms with E-state index in [1.54, 1.807) is 0 Å². The highest BCUT2D eigenvalue weighted by molar-refractivity contribution is 4.75. The average molecular weight is 227 g/mol. The second kappa shape index (κ2) is 8.08. The summed E-state index contributed by atoms with van der Waals surface area (Å²) in [5.41, 5.74) is 0. The SMILES string of the molecule is CCCNC(CCC(C)C)CC1CCCO1. The Morgan fingerprint density at radius 2 is 2.12 bits per heavy atom. The van der Waals surface area contributed by atoms with Crippen molar-refractivity contribution in [2.75, 3.05) is 13.2 Å². The van der Waals surface area contributed by atoms with Crippen LogP contribution >= 0.6 is 0 Å². The van der Waals surface area contributed by atoms with E-state index in [1.165, 1.54) is 38.5 Å². The predicted molar refractivity (Wildman–Crippen MR) is 69.7 cm³/mol. The molecule has 96 valence electrons. The van der Waals surface area contributed by atoms with Crippen LogP contribution in [-0.2, 0) is 4.74 Å². The lowest BCUT2D eigenvalue weighted by Gasteiger charge is -2.22. The lowest BCUT2D eigenvalue weighted by Crippen LogP contribution is -2.33. The summed E-state index contributed by atoms with van der Waals surface area (Å²) < 4.78 is 5.73. The van der Waals surface area contributed by atoms with E-state index >= 15 is 0 Å². The Balaban J connectivity index is 2.24. The fourth-order valence-electron chi connectivity index (χ4n) is 2.33. The van der Waals surface area contributed by atoms with Gasteiger partial charge >= 0.3 is 0 Å². The largest absolute Gasteiger partial charge is 0.378 e. The number of nitrogens with one attached hydrogen (secondary N) is 1. The van der Waals surface area contributed by atoms with Gasteiger partial charge in [0.2, 0.25) is 0 Å². The molecule has 0 aromatic rings. The monoisotopic (exact) mass is 227 g/mol. The van der Waals surface area contributed by atoms with Gasteiger partial charge in [0.15, 0.2) is 0 Å². The topological polar surface area (TPSA) is 21.3 Å². The van der Waals surface area contributed by atoms with Crippen LogP contribution in [0.1, 0.15) is 59.3 Å². The van der Waals surface area contributed by atoms with Crippen LogP contribution in [0.3, 0.4) is 0 Å². The van der Waals surface area contributed by atoms with Gasteiger partial charge in [-0.2, -0.15) is 0 Å². The fraction of sp³-hybridized carbons (Fsp3) is 1.00. The molecule has 0 bridgehead atoms. The molecule has 0 spiro atoms. The minimum Gasteiger partial charge on any atom is -0.378 e. The maximum atomic E-state index is 5.73. The first-order valence-corrected chi connectivity index (χ1v) is 7.07. The predicted octanol–water partition coefficient (Wildman–Crippen LogP) is 3.36. The van der Waals surface area contributed by atoms with Crippen LogP contribution in [0.25, 0.3) is 0 Å². The molecule has 0 saturated carbocycles. The zero-order valence-electron chi connectivity index (χ0n) is 11.3. The molecule has 2 heteroatoms. The molecule has 1 aliphatic heterocycles. The molecule has 1 aliphatic rings. The third kappa shape index (κ3) is 5.86. The molecular formula is C14H29NO. The third-order valence-corrected chi connectivity index (χ3v) is 3.35. The van der Waals surface area contributed by atoms with Crippen molar-refractivity contribution in [3.63, 3.8) is 0 Å². The van der Waals surface area contributed by atoms with E-state index in [0.29, 0.717) is 12.1 Å². The molecule has 2 nitrogen and oxygen atoms in total. The van der Waals surface area contributed by atoms with Crippen molar-refractivity contribution in [3.8, 4) is 0 Å². The first-order chi connectivity index (χ1) is 7.72. The Bertz CT molecular complexity index is 164. The molecule has 0 radical (unpaired) electrons. The molecule has 0 aliphatic carbocycles. The standard InChI is InChI=1S/C14H29NO/c1-4-9-15-13(8-7-12(2)3)11-14-6-5-10-16-14/h12-15H,4-11H2,1-3H3. The summed E-state index contributed by atoms with van der Waals surface area (Å²) in [5.74, 6) is 0.815. The van der Waals surface area contributed by atoms with Gasteiger partial charge in [0.25, 0.3) is 0 Å². The smallest absolute Gasteiger partial charge is 0.0590 e. The Morgan fingerprint density at radius 1 is 1.31 bits per heavy atom. The van der Waals surface area contributed by atoms with Crippen molar-refractivity contribution in [2.24, 2.45) is 5.92 Å². The van der Waals surface area contributed by atoms with Crippen LogP contribution in [0.15, 0.2) is 0 Å². The summed E-state index contributed by atoms with van der Waals surface area (Å²) >= 11 is 0. The van der Waals surface area contributed by atoms with Crippen molar-refractivity contribution in [1.82, 2.24) is 5.32 Å². The van der Waals surface area contributed by atoms with Gasteiger partial charge in [0, 0.05) is 12.6 Å². The van der Waals surface area contributed by atoms with E-state index < -0.39 is 0 Å². The molecule has 1 heterocycles. The van der Waals surface area contributed by atoms with E-state index in [-0.39, 0.29) is 0 Å². The van der Waals surface area contributed by atoms with Gasteiger partial charge in [-0.15, -0.1) is 0 Å². The number of hydrogen-bond acceptors (Lipinski definition) is 2. The molecule has 0 aromatic carbocycles. The minimum atomic E-state index is 0.529. The minimum absolute atomic E-state index is 0.529. The molecule has 1 saturated heterocycles. The second-order valence-corrected chi connectivity index (χ2v) is 5.49. The molecule has 2 unspecified atom stereocenters. The summed E-state index contributed by atoms with van der Waals surface area (Å²) in [6.45, 7) is 8.98. The summed E-state index contributed by atoms with van der Waals surface area (Å²) in [6.07, 6.45) is 8.13. The molecule has 1 fully saturated rings. The summed E-state index contributed by atoms with van der Waals surface area (Å²) in [6, 6.07) is 0.672. The summed E-state index contributed by atoms with van der Waals surface area (Å²) in [4.78, 5) is 0. The number of ether oxygens (including phenoxy) is 1. The van der Waals surface area contributed by atoms with Crippen LogP contribution in [0.5, 0.6) is 0 Å². The molecule has 0 amide bonds. The fourth-order valence-corrected chi connectivity index (χ4v) is 2.33. The lowest BCUT2D eigenvalue weighted by molar-refractivity contribution is 0.0929. The Hall–Kier alpha value is -0.0800. The highest BCUT2D eigenvalue weighted by atomic mass is 16.5. The molecular weight excluding hydrogens is 198 g/mol. The van der Waals surface area contributed by atoms with Gasteiger partial charge in [-0.05, 0) is 51.0 Å². The van der Waals surface area contributed by atoms with Crippen LogP contribution in [0, 0.1) is 5.92 Å². The maximum Gasteiger partial charge on any atom is 0.0590 e. The van der Waals surface area contributed by atoms with Crippen LogP contribution in [0.4, 0.5) is 0 Å². The zero-order valence-corrected chi connectivity index (χ0v) is 11.3. The normalized spacial score (nSPS) is 22.9. The zero-order chi connectivity index (χ0) is 11.8. The Kier molecular flexibility index (Phi) is 7.06. The molecule has 0 aromatic heterocycles. The Morgan fingerprint density at radius 3 is 2.69 bits per heavy atom. The van der Waals surface area contributed by atoms with E-state index in [1.807, 2.05) is 0 Å². The van der Waals surface area contributed by atoms with Gasteiger partial charge in [-0.3, -0.25) is 0 Å². The summed E-state index contributed by atoms with van der Waals surface area (Å²) in [5, 5.41) is 3.67. The lowest BCUT2D eigenvalue weighted by atomic mass is 9.98. The van der Waals surface area contributed by atoms with Crippen molar-refractivity contribution >= 4 is 0 Å². The average Bonchev–Trinajstić information content (AvgIpc) is 2.74. The first kappa shape index (κ1) is 14.0. The van der Waals surface area contributed by atoms with Gasteiger partial charge in [-0.25, -0.2) is 0 Å². The quantitative estimate of drug-likeness (QED) is 0.686. The van der Waals surface area contributed by atoms with Gasteiger partial charge < -0.3 is 10.1 Å². The first-order valence-electron chi connectivity index (χ1n) is 7.07. The van der Waals surface area contributed by atoms with Crippen molar-refractivity contribution in [3.05, 3.63) is 0 Å². The molecule has 1 rings (SSSR count). The Labute approximate surface area is 101 Å². The summed E-state index contributed by atoms with van der Waals surface area (Å²) in [7, 11) is 0. The van der Waals surface area contributed by atoms with E-state index in [0.717, 1.165) is 19.1 Å².